The number of rotatable bonds is 6. The lowest BCUT2D eigenvalue weighted by Gasteiger charge is -2.06. The first-order valence-electron chi connectivity index (χ1n) is 5.25. The first-order chi connectivity index (χ1) is 7.11. The Bertz CT molecular complexity index is 285. The molecule has 86 valence electrons. The van der Waals surface area contributed by atoms with E-state index in [1.165, 1.54) is 0 Å². The zero-order valence-electron chi connectivity index (χ0n) is 9.95. The molecule has 0 aliphatic heterocycles. The molecule has 1 aromatic heterocycles. The van der Waals surface area contributed by atoms with Crippen molar-refractivity contribution in [1.82, 2.24) is 20.4 Å². The van der Waals surface area contributed by atoms with Gasteiger partial charge in [0.1, 0.15) is 0 Å². The van der Waals surface area contributed by atoms with Crippen molar-refractivity contribution in [2.45, 2.75) is 32.4 Å². The standard InChI is InChI=1S/C10H20N4O/c1-8(11-2)5-6-10-12-9(13-15-10)7-14(3)4/h8,11H,5-7H2,1-4H3. The zero-order chi connectivity index (χ0) is 11.3. The summed E-state index contributed by atoms with van der Waals surface area (Å²) in [5, 5.41) is 7.09. The summed E-state index contributed by atoms with van der Waals surface area (Å²) in [5.41, 5.74) is 0. The van der Waals surface area contributed by atoms with Crippen molar-refractivity contribution in [3.8, 4) is 0 Å². The molecule has 0 aliphatic rings. The van der Waals surface area contributed by atoms with Gasteiger partial charge in [-0.3, -0.25) is 0 Å². The van der Waals surface area contributed by atoms with E-state index in [4.69, 9.17) is 4.52 Å². The molecule has 0 saturated carbocycles. The lowest BCUT2D eigenvalue weighted by Crippen LogP contribution is -2.21. The summed E-state index contributed by atoms with van der Waals surface area (Å²) in [6.45, 7) is 2.86. The molecule has 1 unspecified atom stereocenters. The quantitative estimate of drug-likeness (QED) is 0.751. The minimum absolute atomic E-state index is 0.481. The highest BCUT2D eigenvalue weighted by Gasteiger charge is 2.08. The monoisotopic (exact) mass is 212 g/mol. The van der Waals surface area contributed by atoms with Crippen LogP contribution in [0.5, 0.6) is 0 Å². The van der Waals surface area contributed by atoms with Crippen LogP contribution in [0.3, 0.4) is 0 Å². The number of aromatic nitrogens is 2. The van der Waals surface area contributed by atoms with Crippen LogP contribution in [0.1, 0.15) is 25.1 Å². The van der Waals surface area contributed by atoms with Crippen LogP contribution in [-0.4, -0.2) is 42.2 Å². The second-order valence-corrected chi connectivity index (χ2v) is 4.07. The first kappa shape index (κ1) is 12.1. The Hall–Kier alpha value is -0.940. The molecule has 0 spiro atoms. The average Bonchev–Trinajstić information content (AvgIpc) is 2.61. The number of hydrogen-bond donors (Lipinski definition) is 1. The predicted molar refractivity (Wildman–Crippen MR) is 58.5 cm³/mol. The van der Waals surface area contributed by atoms with E-state index in [1.54, 1.807) is 0 Å². The maximum absolute atomic E-state index is 5.14. The van der Waals surface area contributed by atoms with Crippen molar-refractivity contribution in [3.63, 3.8) is 0 Å². The Morgan fingerprint density at radius 2 is 2.20 bits per heavy atom. The topological polar surface area (TPSA) is 54.2 Å². The maximum Gasteiger partial charge on any atom is 0.226 e. The molecule has 15 heavy (non-hydrogen) atoms. The molecular formula is C10H20N4O. The summed E-state index contributed by atoms with van der Waals surface area (Å²) in [6.07, 6.45) is 1.85. The smallest absolute Gasteiger partial charge is 0.226 e. The molecule has 0 saturated heterocycles. The van der Waals surface area contributed by atoms with Crippen LogP contribution in [-0.2, 0) is 13.0 Å². The molecule has 5 heteroatoms. The molecule has 5 nitrogen and oxygen atoms in total. The van der Waals surface area contributed by atoms with Crippen molar-refractivity contribution >= 4 is 0 Å². The first-order valence-corrected chi connectivity index (χ1v) is 5.25. The van der Waals surface area contributed by atoms with E-state index in [0.717, 1.165) is 31.1 Å². The summed E-state index contributed by atoms with van der Waals surface area (Å²) < 4.78 is 5.14. The van der Waals surface area contributed by atoms with Gasteiger partial charge < -0.3 is 14.7 Å². The molecule has 0 fully saturated rings. The largest absolute Gasteiger partial charge is 0.339 e. The molecule has 0 aromatic carbocycles. The third kappa shape index (κ3) is 4.40. The molecule has 1 heterocycles. The fourth-order valence-corrected chi connectivity index (χ4v) is 1.22. The molecule has 0 amide bonds. The van der Waals surface area contributed by atoms with Crippen molar-refractivity contribution in [1.29, 1.82) is 0 Å². The van der Waals surface area contributed by atoms with E-state index in [-0.39, 0.29) is 0 Å². The number of nitrogens with zero attached hydrogens (tertiary/aromatic N) is 3. The Morgan fingerprint density at radius 1 is 1.47 bits per heavy atom. The lowest BCUT2D eigenvalue weighted by molar-refractivity contribution is 0.345. The van der Waals surface area contributed by atoms with Crippen LogP contribution in [0.15, 0.2) is 4.52 Å². The van der Waals surface area contributed by atoms with Crippen LogP contribution in [0.4, 0.5) is 0 Å². The summed E-state index contributed by atoms with van der Waals surface area (Å²) in [6, 6.07) is 0.481. The summed E-state index contributed by atoms with van der Waals surface area (Å²) in [4.78, 5) is 6.33. The van der Waals surface area contributed by atoms with E-state index < -0.39 is 0 Å². The van der Waals surface area contributed by atoms with Crippen LogP contribution in [0, 0.1) is 0 Å². The van der Waals surface area contributed by atoms with E-state index in [2.05, 4.69) is 22.4 Å². The van der Waals surface area contributed by atoms with Gasteiger partial charge in [0, 0.05) is 12.5 Å². The van der Waals surface area contributed by atoms with Crippen molar-refractivity contribution in [2.75, 3.05) is 21.1 Å². The van der Waals surface area contributed by atoms with Crippen LogP contribution >= 0.6 is 0 Å². The van der Waals surface area contributed by atoms with Gasteiger partial charge in [0.05, 0.1) is 6.54 Å². The molecule has 0 bridgehead atoms. The van der Waals surface area contributed by atoms with E-state index in [1.807, 2.05) is 26.0 Å². The van der Waals surface area contributed by atoms with Gasteiger partial charge in [-0.25, -0.2) is 0 Å². The molecule has 1 N–H and O–H groups in total. The molecule has 1 rings (SSSR count). The third-order valence-corrected chi connectivity index (χ3v) is 2.25. The fraction of sp³-hybridized carbons (Fsp3) is 0.800. The van der Waals surface area contributed by atoms with Gasteiger partial charge >= 0.3 is 0 Å². The second-order valence-electron chi connectivity index (χ2n) is 4.07. The van der Waals surface area contributed by atoms with E-state index >= 15 is 0 Å². The van der Waals surface area contributed by atoms with Gasteiger partial charge in [-0.15, -0.1) is 0 Å². The van der Waals surface area contributed by atoms with Crippen LogP contribution in [0.2, 0.25) is 0 Å². The Morgan fingerprint density at radius 3 is 2.80 bits per heavy atom. The maximum atomic E-state index is 5.14. The molecule has 1 aromatic rings. The minimum atomic E-state index is 0.481. The number of nitrogens with one attached hydrogen (secondary N) is 1. The zero-order valence-corrected chi connectivity index (χ0v) is 9.95. The SMILES string of the molecule is CNC(C)CCc1nc(CN(C)C)no1. The van der Waals surface area contributed by atoms with Crippen LogP contribution in [0.25, 0.3) is 0 Å². The van der Waals surface area contributed by atoms with Crippen molar-refractivity contribution in [3.05, 3.63) is 11.7 Å². The Balaban J connectivity index is 2.39. The molecule has 0 aliphatic carbocycles. The Kier molecular flexibility index (Phi) is 4.71. The highest BCUT2D eigenvalue weighted by Crippen LogP contribution is 2.04. The fourth-order valence-electron chi connectivity index (χ4n) is 1.22. The Labute approximate surface area is 90.8 Å². The summed E-state index contributed by atoms with van der Waals surface area (Å²) >= 11 is 0. The average molecular weight is 212 g/mol. The highest BCUT2D eigenvalue weighted by atomic mass is 16.5. The van der Waals surface area contributed by atoms with Crippen molar-refractivity contribution < 1.29 is 4.52 Å². The normalized spacial score (nSPS) is 13.4. The highest BCUT2D eigenvalue weighted by molar-refractivity contribution is 4.86. The third-order valence-electron chi connectivity index (χ3n) is 2.25. The second kappa shape index (κ2) is 5.82. The summed E-state index contributed by atoms with van der Waals surface area (Å²) in [5.74, 6) is 1.49. The minimum Gasteiger partial charge on any atom is -0.339 e. The predicted octanol–water partition coefficient (Wildman–Crippen LogP) is 0.672. The van der Waals surface area contributed by atoms with Gasteiger partial charge in [-0.05, 0) is 34.5 Å². The molecule has 1 atom stereocenters. The van der Waals surface area contributed by atoms with E-state index in [0.29, 0.717) is 6.04 Å². The van der Waals surface area contributed by atoms with Gasteiger partial charge in [-0.2, -0.15) is 4.98 Å². The van der Waals surface area contributed by atoms with Gasteiger partial charge in [0.2, 0.25) is 5.89 Å². The molecular weight excluding hydrogens is 192 g/mol. The van der Waals surface area contributed by atoms with Gasteiger partial charge in [0.25, 0.3) is 0 Å². The molecule has 0 radical (unpaired) electrons. The number of aryl methyl sites for hydroxylation is 1. The van der Waals surface area contributed by atoms with Crippen molar-refractivity contribution in [2.24, 2.45) is 0 Å². The number of hydrogen-bond acceptors (Lipinski definition) is 5. The van der Waals surface area contributed by atoms with Gasteiger partial charge in [0.15, 0.2) is 5.82 Å². The van der Waals surface area contributed by atoms with E-state index in [9.17, 15) is 0 Å². The van der Waals surface area contributed by atoms with Gasteiger partial charge in [-0.1, -0.05) is 5.16 Å². The lowest BCUT2D eigenvalue weighted by atomic mass is 10.2. The summed E-state index contributed by atoms with van der Waals surface area (Å²) in [7, 11) is 5.92. The van der Waals surface area contributed by atoms with Crippen LogP contribution < -0.4 is 5.32 Å².